The lowest BCUT2D eigenvalue weighted by Crippen LogP contribution is -2.40. The summed E-state index contributed by atoms with van der Waals surface area (Å²) in [6, 6.07) is 2.42. The van der Waals surface area contributed by atoms with Gasteiger partial charge in [0.1, 0.15) is 17.5 Å². The largest absolute Gasteiger partial charge is 0.384 e. The van der Waals surface area contributed by atoms with E-state index in [-0.39, 0.29) is 0 Å². The Labute approximate surface area is 115 Å². The van der Waals surface area contributed by atoms with Crippen molar-refractivity contribution in [3.63, 3.8) is 0 Å². The van der Waals surface area contributed by atoms with Gasteiger partial charge in [0.05, 0.1) is 0 Å². The van der Waals surface area contributed by atoms with Crippen LogP contribution < -0.4 is 10.6 Å². The molecule has 0 spiro atoms. The Hall–Kier alpha value is -1.36. The molecular formula is C14H25N5. The first-order valence-corrected chi connectivity index (χ1v) is 7.22. The van der Waals surface area contributed by atoms with Crippen LogP contribution in [-0.4, -0.2) is 47.6 Å². The summed E-state index contributed by atoms with van der Waals surface area (Å²) in [7, 11) is 2.19. The molecule has 0 saturated carbocycles. The molecule has 1 fully saturated rings. The minimum absolute atomic E-state index is 0.506. The highest BCUT2D eigenvalue weighted by Crippen LogP contribution is 2.21. The van der Waals surface area contributed by atoms with Crippen LogP contribution >= 0.6 is 0 Å². The second-order valence-electron chi connectivity index (χ2n) is 5.29. The van der Waals surface area contributed by atoms with Crippen molar-refractivity contribution in [1.82, 2.24) is 14.9 Å². The molecule has 19 heavy (non-hydrogen) atoms. The van der Waals surface area contributed by atoms with Gasteiger partial charge in [0, 0.05) is 31.6 Å². The topological polar surface area (TPSA) is 58.3 Å². The second-order valence-corrected chi connectivity index (χ2v) is 5.29. The number of hydrogen-bond acceptors (Lipinski definition) is 5. The third-order valence-corrected chi connectivity index (χ3v) is 3.76. The molecule has 1 unspecified atom stereocenters. The van der Waals surface area contributed by atoms with Gasteiger partial charge in [-0.1, -0.05) is 13.8 Å². The number of nitrogens with zero attached hydrogens (tertiary/aromatic N) is 4. The molecule has 1 saturated heterocycles. The summed E-state index contributed by atoms with van der Waals surface area (Å²) in [5.41, 5.74) is 5.91. The molecule has 1 aliphatic heterocycles. The molecule has 2 N–H and O–H groups in total. The first-order valence-electron chi connectivity index (χ1n) is 7.22. The zero-order valence-electron chi connectivity index (χ0n) is 12.3. The van der Waals surface area contributed by atoms with Crippen LogP contribution in [-0.2, 0) is 6.42 Å². The lowest BCUT2D eigenvalue weighted by Gasteiger charge is -2.31. The molecule has 2 rings (SSSR count). The van der Waals surface area contributed by atoms with Gasteiger partial charge >= 0.3 is 0 Å². The van der Waals surface area contributed by atoms with E-state index in [0.29, 0.717) is 11.9 Å². The average Bonchev–Trinajstić information content (AvgIpc) is 2.59. The van der Waals surface area contributed by atoms with E-state index in [4.69, 9.17) is 5.73 Å². The molecule has 106 valence electrons. The molecule has 5 heteroatoms. The van der Waals surface area contributed by atoms with Crippen molar-refractivity contribution < 1.29 is 0 Å². The number of likely N-dealkylation sites (N-methyl/N-ethyl adjacent to an activating group) is 1. The molecule has 0 bridgehead atoms. The van der Waals surface area contributed by atoms with Crippen molar-refractivity contribution in [2.45, 2.75) is 39.2 Å². The van der Waals surface area contributed by atoms with Gasteiger partial charge in [-0.25, -0.2) is 9.97 Å². The van der Waals surface area contributed by atoms with E-state index in [1.54, 1.807) is 0 Å². The maximum atomic E-state index is 5.91. The van der Waals surface area contributed by atoms with Crippen LogP contribution in [0.15, 0.2) is 6.07 Å². The summed E-state index contributed by atoms with van der Waals surface area (Å²) in [5.74, 6) is 2.41. The molecule has 2 heterocycles. The van der Waals surface area contributed by atoms with Gasteiger partial charge in [-0.05, 0) is 26.4 Å². The van der Waals surface area contributed by atoms with Crippen molar-refractivity contribution in [2.75, 3.05) is 37.3 Å². The predicted octanol–water partition coefficient (Wildman–Crippen LogP) is 1.54. The third kappa shape index (κ3) is 3.35. The van der Waals surface area contributed by atoms with Gasteiger partial charge in [0.25, 0.3) is 0 Å². The van der Waals surface area contributed by atoms with Gasteiger partial charge in [-0.3, -0.25) is 0 Å². The van der Waals surface area contributed by atoms with Gasteiger partial charge in [0.2, 0.25) is 0 Å². The maximum absolute atomic E-state index is 5.91. The summed E-state index contributed by atoms with van der Waals surface area (Å²) in [6.45, 7) is 7.58. The Kier molecular flexibility index (Phi) is 4.58. The normalized spacial score (nSPS) is 21.4. The van der Waals surface area contributed by atoms with Gasteiger partial charge in [-0.15, -0.1) is 0 Å². The van der Waals surface area contributed by atoms with E-state index in [2.05, 4.69) is 40.7 Å². The highest BCUT2D eigenvalue weighted by Gasteiger charge is 2.23. The van der Waals surface area contributed by atoms with Crippen LogP contribution in [0.3, 0.4) is 0 Å². The number of hydrogen-bond donors (Lipinski definition) is 1. The fraction of sp³-hybridized carbons (Fsp3) is 0.714. The molecule has 0 amide bonds. The smallest absolute Gasteiger partial charge is 0.134 e. The number of nitrogen functional groups attached to an aromatic ring is 1. The molecule has 5 nitrogen and oxygen atoms in total. The zero-order chi connectivity index (χ0) is 13.8. The summed E-state index contributed by atoms with van der Waals surface area (Å²) in [6.07, 6.45) is 3.11. The first kappa shape index (κ1) is 14.1. The Morgan fingerprint density at radius 2 is 2.11 bits per heavy atom. The zero-order valence-corrected chi connectivity index (χ0v) is 12.3. The number of aromatic nitrogens is 2. The van der Waals surface area contributed by atoms with Gasteiger partial charge in [0.15, 0.2) is 0 Å². The third-order valence-electron chi connectivity index (χ3n) is 3.76. The minimum atomic E-state index is 0.506. The monoisotopic (exact) mass is 263 g/mol. The summed E-state index contributed by atoms with van der Waals surface area (Å²) in [4.78, 5) is 13.7. The Balaban J connectivity index is 2.29. The number of aryl methyl sites for hydroxylation is 1. The molecule has 0 radical (unpaired) electrons. The number of anilines is 2. The summed E-state index contributed by atoms with van der Waals surface area (Å²) < 4.78 is 0. The SMILES string of the molecule is CCc1nc(N)cc(N2CCCN(C)CC2CC)n1. The highest BCUT2D eigenvalue weighted by atomic mass is 15.3. The van der Waals surface area contributed by atoms with Crippen LogP contribution in [0.2, 0.25) is 0 Å². The molecule has 1 atom stereocenters. The van der Waals surface area contributed by atoms with E-state index in [9.17, 15) is 0 Å². The van der Waals surface area contributed by atoms with Crippen molar-refractivity contribution in [1.29, 1.82) is 0 Å². The highest BCUT2D eigenvalue weighted by molar-refractivity contribution is 5.48. The molecule has 1 aromatic heterocycles. The predicted molar refractivity (Wildman–Crippen MR) is 79.4 cm³/mol. The van der Waals surface area contributed by atoms with E-state index in [0.717, 1.165) is 44.1 Å². The van der Waals surface area contributed by atoms with Crippen molar-refractivity contribution >= 4 is 11.6 Å². The van der Waals surface area contributed by atoms with Crippen LogP contribution in [0.25, 0.3) is 0 Å². The van der Waals surface area contributed by atoms with Crippen LogP contribution in [0.5, 0.6) is 0 Å². The van der Waals surface area contributed by atoms with Crippen molar-refractivity contribution in [2.24, 2.45) is 0 Å². The summed E-state index contributed by atoms with van der Waals surface area (Å²) >= 11 is 0. The number of nitrogens with two attached hydrogens (primary N) is 1. The Bertz CT molecular complexity index is 420. The lowest BCUT2D eigenvalue weighted by atomic mass is 10.2. The van der Waals surface area contributed by atoms with E-state index < -0.39 is 0 Å². The van der Waals surface area contributed by atoms with E-state index >= 15 is 0 Å². The van der Waals surface area contributed by atoms with Crippen LogP contribution in [0.1, 0.15) is 32.5 Å². The van der Waals surface area contributed by atoms with Crippen LogP contribution in [0, 0.1) is 0 Å². The van der Waals surface area contributed by atoms with Gasteiger partial charge < -0.3 is 15.5 Å². The van der Waals surface area contributed by atoms with Crippen molar-refractivity contribution in [3.05, 3.63) is 11.9 Å². The fourth-order valence-electron chi connectivity index (χ4n) is 2.70. The van der Waals surface area contributed by atoms with E-state index in [1.165, 1.54) is 6.42 Å². The van der Waals surface area contributed by atoms with Gasteiger partial charge in [-0.2, -0.15) is 0 Å². The molecular weight excluding hydrogens is 238 g/mol. The molecule has 1 aromatic rings. The Morgan fingerprint density at radius 3 is 2.79 bits per heavy atom. The van der Waals surface area contributed by atoms with E-state index in [1.807, 2.05) is 6.07 Å². The minimum Gasteiger partial charge on any atom is -0.384 e. The summed E-state index contributed by atoms with van der Waals surface area (Å²) in [5, 5.41) is 0. The maximum Gasteiger partial charge on any atom is 0.134 e. The first-order chi connectivity index (χ1) is 9.13. The average molecular weight is 263 g/mol. The molecule has 1 aliphatic rings. The molecule has 0 aliphatic carbocycles. The van der Waals surface area contributed by atoms with Crippen LogP contribution in [0.4, 0.5) is 11.6 Å². The Morgan fingerprint density at radius 1 is 1.32 bits per heavy atom. The molecule has 0 aromatic carbocycles. The quantitative estimate of drug-likeness (QED) is 0.896. The van der Waals surface area contributed by atoms with Crippen molar-refractivity contribution in [3.8, 4) is 0 Å². The fourth-order valence-corrected chi connectivity index (χ4v) is 2.70. The number of rotatable bonds is 3. The lowest BCUT2D eigenvalue weighted by molar-refractivity contribution is 0.327. The second kappa shape index (κ2) is 6.19. The standard InChI is InChI=1S/C14H25N5/c1-4-11-10-18(3)7-6-8-19(11)14-9-12(15)16-13(5-2)17-14/h9,11H,4-8,10H2,1-3H3,(H2,15,16,17).